The fourth-order valence-corrected chi connectivity index (χ4v) is 2.35. The van der Waals surface area contributed by atoms with Gasteiger partial charge in [-0.25, -0.2) is 5.10 Å². The van der Waals surface area contributed by atoms with Crippen molar-refractivity contribution in [1.82, 2.24) is 15.5 Å². The number of aromatic nitrogens is 2. The van der Waals surface area contributed by atoms with E-state index in [0.717, 1.165) is 0 Å². The lowest BCUT2D eigenvalue weighted by atomic mass is 9.82. The molecule has 0 fully saturated rings. The molecule has 0 radical (unpaired) electrons. The number of nitrogens with zero attached hydrogens (tertiary/aromatic N) is 1. The zero-order valence-electron chi connectivity index (χ0n) is 13.7. The van der Waals surface area contributed by atoms with Crippen molar-refractivity contribution in [2.45, 2.75) is 26.2 Å². The standard InChI is InChI=1S/C17H19N3O4/c1-10-11(2)19-20-15(22)13(10)14(21)18-9-17(3,16(23)24)12-7-5-4-6-8-12/h4-8H,9H2,1-3H3,(H,18,21)(H,20,22)(H,23,24). The third-order valence-electron chi connectivity index (χ3n) is 4.18. The Labute approximate surface area is 138 Å². The molecule has 1 amide bonds. The summed E-state index contributed by atoms with van der Waals surface area (Å²) in [5.41, 5.74) is -0.401. The van der Waals surface area contributed by atoms with E-state index >= 15 is 0 Å². The van der Waals surface area contributed by atoms with Gasteiger partial charge in [-0.3, -0.25) is 14.4 Å². The first-order chi connectivity index (χ1) is 11.3. The highest BCUT2D eigenvalue weighted by Gasteiger charge is 2.36. The van der Waals surface area contributed by atoms with Crippen LogP contribution in [0.5, 0.6) is 0 Å². The Balaban J connectivity index is 2.29. The molecule has 0 saturated carbocycles. The quantitative estimate of drug-likeness (QED) is 0.762. The average molecular weight is 329 g/mol. The van der Waals surface area contributed by atoms with Gasteiger partial charge in [0.1, 0.15) is 11.0 Å². The van der Waals surface area contributed by atoms with Crippen LogP contribution in [0.15, 0.2) is 35.1 Å². The predicted molar refractivity (Wildman–Crippen MR) is 88.1 cm³/mol. The highest BCUT2D eigenvalue weighted by Crippen LogP contribution is 2.23. The molecule has 0 aliphatic carbocycles. The Hall–Kier alpha value is -2.96. The number of carboxylic acids is 1. The number of aliphatic carboxylic acids is 1. The van der Waals surface area contributed by atoms with Crippen LogP contribution in [0.2, 0.25) is 0 Å². The molecule has 1 aromatic heterocycles. The van der Waals surface area contributed by atoms with Crippen molar-refractivity contribution in [2.24, 2.45) is 0 Å². The minimum atomic E-state index is -1.31. The fourth-order valence-electron chi connectivity index (χ4n) is 2.35. The number of benzene rings is 1. The lowest BCUT2D eigenvalue weighted by Gasteiger charge is -2.25. The zero-order valence-corrected chi connectivity index (χ0v) is 13.7. The molecular formula is C17H19N3O4. The van der Waals surface area contributed by atoms with E-state index in [1.165, 1.54) is 6.92 Å². The Morgan fingerprint density at radius 2 is 1.88 bits per heavy atom. The number of hydrogen-bond acceptors (Lipinski definition) is 4. The van der Waals surface area contributed by atoms with Gasteiger partial charge in [-0.1, -0.05) is 30.3 Å². The number of carbonyl (C=O) groups excluding carboxylic acids is 1. The van der Waals surface area contributed by atoms with Crippen molar-refractivity contribution in [1.29, 1.82) is 0 Å². The lowest BCUT2D eigenvalue weighted by Crippen LogP contribution is -2.45. The lowest BCUT2D eigenvalue weighted by molar-refractivity contribution is -0.142. The summed E-state index contributed by atoms with van der Waals surface area (Å²) < 4.78 is 0. The molecule has 126 valence electrons. The summed E-state index contributed by atoms with van der Waals surface area (Å²) >= 11 is 0. The molecule has 1 heterocycles. The number of carboxylic acid groups (broad SMARTS) is 1. The van der Waals surface area contributed by atoms with Crippen LogP contribution in [0.4, 0.5) is 0 Å². The molecule has 0 aliphatic heterocycles. The van der Waals surface area contributed by atoms with Gasteiger partial charge in [-0.15, -0.1) is 0 Å². The Morgan fingerprint density at radius 1 is 1.25 bits per heavy atom. The molecular weight excluding hydrogens is 310 g/mol. The molecule has 2 aromatic rings. The van der Waals surface area contributed by atoms with Crippen LogP contribution in [0, 0.1) is 13.8 Å². The van der Waals surface area contributed by atoms with E-state index in [1.54, 1.807) is 44.2 Å². The first kappa shape index (κ1) is 17.4. The van der Waals surface area contributed by atoms with Crippen LogP contribution in [0.1, 0.15) is 34.1 Å². The van der Waals surface area contributed by atoms with Gasteiger partial charge < -0.3 is 10.4 Å². The normalized spacial score (nSPS) is 13.1. The molecule has 1 aromatic carbocycles. The zero-order chi connectivity index (χ0) is 17.9. The van der Waals surface area contributed by atoms with Gasteiger partial charge in [0.15, 0.2) is 0 Å². The van der Waals surface area contributed by atoms with Crippen LogP contribution >= 0.6 is 0 Å². The number of rotatable bonds is 5. The molecule has 0 bridgehead atoms. The van der Waals surface area contributed by atoms with E-state index in [2.05, 4.69) is 15.5 Å². The Kier molecular flexibility index (Phi) is 4.82. The monoisotopic (exact) mass is 329 g/mol. The van der Waals surface area contributed by atoms with E-state index in [9.17, 15) is 19.5 Å². The van der Waals surface area contributed by atoms with Gasteiger partial charge in [0.25, 0.3) is 11.5 Å². The van der Waals surface area contributed by atoms with Gasteiger partial charge >= 0.3 is 5.97 Å². The summed E-state index contributed by atoms with van der Waals surface area (Å²) in [5, 5.41) is 18.2. The van der Waals surface area contributed by atoms with Crippen molar-refractivity contribution < 1.29 is 14.7 Å². The third kappa shape index (κ3) is 3.19. The largest absolute Gasteiger partial charge is 0.481 e. The number of amides is 1. The molecule has 24 heavy (non-hydrogen) atoms. The molecule has 0 saturated heterocycles. The molecule has 0 spiro atoms. The van der Waals surface area contributed by atoms with Gasteiger partial charge in [0.05, 0.1) is 5.69 Å². The fraction of sp³-hybridized carbons (Fsp3) is 0.294. The Morgan fingerprint density at radius 3 is 2.46 bits per heavy atom. The molecule has 7 nitrogen and oxygen atoms in total. The Bertz CT molecular complexity index is 829. The summed E-state index contributed by atoms with van der Waals surface area (Å²) in [5.74, 6) is -1.69. The third-order valence-corrected chi connectivity index (χ3v) is 4.18. The number of aromatic amines is 1. The van der Waals surface area contributed by atoms with E-state index < -0.39 is 22.9 Å². The molecule has 2 rings (SSSR count). The van der Waals surface area contributed by atoms with Gasteiger partial charge in [-0.05, 0) is 31.9 Å². The maximum absolute atomic E-state index is 12.4. The SMILES string of the molecule is Cc1n[nH]c(=O)c(C(=O)NCC(C)(C(=O)O)c2ccccc2)c1C. The summed E-state index contributed by atoms with van der Waals surface area (Å²) in [6, 6.07) is 8.63. The summed E-state index contributed by atoms with van der Waals surface area (Å²) in [6.07, 6.45) is 0. The number of H-pyrrole nitrogens is 1. The second-order valence-corrected chi connectivity index (χ2v) is 5.82. The molecule has 1 unspecified atom stereocenters. The molecule has 3 N–H and O–H groups in total. The van der Waals surface area contributed by atoms with Crippen LogP contribution in [-0.2, 0) is 10.2 Å². The second-order valence-electron chi connectivity index (χ2n) is 5.82. The second kappa shape index (κ2) is 6.66. The number of aryl methyl sites for hydroxylation is 1. The number of nitrogens with one attached hydrogen (secondary N) is 2. The van der Waals surface area contributed by atoms with Crippen LogP contribution in [0.25, 0.3) is 0 Å². The van der Waals surface area contributed by atoms with E-state index in [0.29, 0.717) is 16.8 Å². The van der Waals surface area contributed by atoms with Gasteiger partial charge in [0.2, 0.25) is 0 Å². The van der Waals surface area contributed by atoms with E-state index in [-0.39, 0.29) is 12.1 Å². The van der Waals surface area contributed by atoms with Crippen molar-refractivity contribution in [3.63, 3.8) is 0 Å². The summed E-state index contributed by atoms with van der Waals surface area (Å²) in [6.45, 7) is 4.68. The predicted octanol–water partition coefficient (Wildman–Crippen LogP) is 1.16. The van der Waals surface area contributed by atoms with E-state index in [1.807, 2.05) is 0 Å². The minimum absolute atomic E-state index is 0.0525. The van der Waals surface area contributed by atoms with Crippen molar-refractivity contribution in [3.8, 4) is 0 Å². The number of hydrogen-bond donors (Lipinski definition) is 3. The van der Waals surface area contributed by atoms with Crippen molar-refractivity contribution in [3.05, 3.63) is 63.1 Å². The van der Waals surface area contributed by atoms with Crippen molar-refractivity contribution in [2.75, 3.05) is 6.54 Å². The molecule has 7 heteroatoms. The minimum Gasteiger partial charge on any atom is -0.481 e. The number of carbonyl (C=O) groups is 2. The van der Waals surface area contributed by atoms with E-state index in [4.69, 9.17) is 0 Å². The average Bonchev–Trinajstić information content (AvgIpc) is 2.57. The highest BCUT2D eigenvalue weighted by molar-refractivity contribution is 5.96. The first-order valence-electron chi connectivity index (χ1n) is 7.40. The van der Waals surface area contributed by atoms with Crippen molar-refractivity contribution >= 4 is 11.9 Å². The smallest absolute Gasteiger partial charge is 0.315 e. The highest BCUT2D eigenvalue weighted by atomic mass is 16.4. The van der Waals surface area contributed by atoms with Crippen LogP contribution < -0.4 is 10.9 Å². The van der Waals surface area contributed by atoms with Crippen LogP contribution in [-0.4, -0.2) is 33.7 Å². The molecule has 0 aliphatic rings. The van der Waals surface area contributed by atoms with Crippen LogP contribution in [0.3, 0.4) is 0 Å². The van der Waals surface area contributed by atoms with Gasteiger partial charge in [0, 0.05) is 6.54 Å². The topological polar surface area (TPSA) is 112 Å². The molecule has 1 atom stereocenters. The first-order valence-corrected chi connectivity index (χ1v) is 7.40. The van der Waals surface area contributed by atoms with Gasteiger partial charge in [-0.2, -0.15) is 5.10 Å². The summed E-state index contributed by atoms with van der Waals surface area (Å²) in [7, 11) is 0. The maximum atomic E-state index is 12.4. The maximum Gasteiger partial charge on any atom is 0.315 e. The summed E-state index contributed by atoms with van der Waals surface area (Å²) in [4.78, 5) is 36.0.